The Hall–Kier alpha value is -3.85. The van der Waals surface area contributed by atoms with Gasteiger partial charge in [-0.05, 0) is 68.7 Å². The van der Waals surface area contributed by atoms with Crippen molar-refractivity contribution in [2.24, 2.45) is 5.92 Å². The molecule has 9 heteroatoms. The molecular formula is C31H39N3O5S. The molecule has 0 fully saturated rings. The number of rotatable bonds is 13. The fourth-order valence-electron chi connectivity index (χ4n) is 4.05. The highest BCUT2D eigenvalue weighted by Gasteiger charge is 2.32. The molecule has 1 N–H and O–H groups in total. The van der Waals surface area contributed by atoms with Crippen LogP contribution in [-0.2, 0) is 26.2 Å². The van der Waals surface area contributed by atoms with Crippen LogP contribution in [0.1, 0.15) is 38.8 Å². The molecule has 0 saturated heterocycles. The van der Waals surface area contributed by atoms with Crippen LogP contribution < -0.4 is 14.4 Å². The van der Waals surface area contributed by atoms with Gasteiger partial charge in [-0.1, -0.05) is 61.9 Å². The molecule has 0 saturated carbocycles. The molecule has 0 radical (unpaired) electrons. The largest absolute Gasteiger partial charge is 0.494 e. The lowest BCUT2D eigenvalue weighted by Gasteiger charge is -2.32. The number of carbonyl (C=O) groups is 2. The normalized spacial score (nSPS) is 12.1. The summed E-state index contributed by atoms with van der Waals surface area (Å²) in [4.78, 5) is 28.5. The molecule has 40 heavy (non-hydrogen) atoms. The van der Waals surface area contributed by atoms with E-state index < -0.39 is 28.5 Å². The maximum absolute atomic E-state index is 13.9. The van der Waals surface area contributed by atoms with Crippen LogP contribution in [0.3, 0.4) is 0 Å². The van der Waals surface area contributed by atoms with Gasteiger partial charge in [0.05, 0.1) is 17.2 Å². The van der Waals surface area contributed by atoms with Crippen molar-refractivity contribution >= 4 is 27.5 Å². The number of carbonyl (C=O) groups excluding carboxylic acids is 2. The van der Waals surface area contributed by atoms with Gasteiger partial charge in [-0.25, -0.2) is 8.42 Å². The first-order valence-electron chi connectivity index (χ1n) is 13.5. The molecule has 2 amide bonds. The summed E-state index contributed by atoms with van der Waals surface area (Å²) in [7, 11) is -4.11. The molecule has 0 aliphatic heterocycles. The van der Waals surface area contributed by atoms with Crippen molar-refractivity contribution in [1.82, 2.24) is 10.2 Å². The highest BCUT2D eigenvalue weighted by Crippen LogP contribution is 2.26. The van der Waals surface area contributed by atoms with Crippen LogP contribution in [0, 0.1) is 12.8 Å². The third-order valence-corrected chi connectivity index (χ3v) is 8.16. The van der Waals surface area contributed by atoms with Gasteiger partial charge in [0.2, 0.25) is 11.8 Å². The number of nitrogens with zero attached hydrogens (tertiary/aromatic N) is 2. The van der Waals surface area contributed by atoms with Crippen molar-refractivity contribution in [3.05, 3.63) is 90.0 Å². The zero-order valence-electron chi connectivity index (χ0n) is 23.8. The zero-order valence-corrected chi connectivity index (χ0v) is 24.6. The second-order valence-electron chi connectivity index (χ2n) is 10.1. The van der Waals surface area contributed by atoms with Crippen LogP contribution in [0.4, 0.5) is 5.69 Å². The van der Waals surface area contributed by atoms with E-state index in [1.165, 1.54) is 17.0 Å². The lowest BCUT2D eigenvalue weighted by Crippen LogP contribution is -2.51. The molecule has 8 nitrogen and oxygen atoms in total. The van der Waals surface area contributed by atoms with Gasteiger partial charge in [-0.3, -0.25) is 13.9 Å². The second-order valence-corrected chi connectivity index (χ2v) is 11.9. The van der Waals surface area contributed by atoms with Crippen LogP contribution in [0.25, 0.3) is 0 Å². The second kappa shape index (κ2) is 14.0. The van der Waals surface area contributed by atoms with E-state index >= 15 is 0 Å². The Balaban J connectivity index is 1.99. The molecule has 0 heterocycles. The highest BCUT2D eigenvalue weighted by molar-refractivity contribution is 7.92. The van der Waals surface area contributed by atoms with E-state index in [2.05, 4.69) is 5.32 Å². The predicted octanol–water partition coefficient (Wildman–Crippen LogP) is 4.78. The first-order valence-corrected chi connectivity index (χ1v) is 14.9. The SMILES string of the molecule is CCOc1ccc(N(CC(=O)N(Cc2ccc(C)cc2)[C@H](C)C(=O)NCC(C)C)S(=O)(=O)c2ccccc2)cc1. The summed E-state index contributed by atoms with van der Waals surface area (Å²) < 4.78 is 34.2. The van der Waals surface area contributed by atoms with E-state index in [4.69, 9.17) is 4.74 Å². The van der Waals surface area contributed by atoms with Gasteiger partial charge < -0.3 is 15.0 Å². The number of hydrogen-bond acceptors (Lipinski definition) is 5. The minimum Gasteiger partial charge on any atom is -0.494 e. The molecule has 0 spiro atoms. The Morgan fingerprint density at radius 3 is 2.10 bits per heavy atom. The van der Waals surface area contributed by atoms with Gasteiger partial charge in [0.25, 0.3) is 10.0 Å². The predicted molar refractivity (Wildman–Crippen MR) is 158 cm³/mol. The number of aryl methyl sites for hydroxylation is 1. The smallest absolute Gasteiger partial charge is 0.264 e. The minimum atomic E-state index is -4.11. The third kappa shape index (κ3) is 8.08. The van der Waals surface area contributed by atoms with E-state index in [1.807, 2.05) is 52.0 Å². The summed E-state index contributed by atoms with van der Waals surface area (Å²) in [5.41, 5.74) is 2.22. The Bertz CT molecular complexity index is 1360. The maximum atomic E-state index is 13.9. The molecule has 3 aromatic rings. The number of benzene rings is 3. The van der Waals surface area contributed by atoms with Gasteiger partial charge >= 0.3 is 0 Å². The van der Waals surface area contributed by atoms with Crippen LogP contribution in [0.15, 0.2) is 83.8 Å². The molecule has 1 atom stereocenters. The molecule has 0 aliphatic rings. The van der Waals surface area contributed by atoms with Crippen LogP contribution >= 0.6 is 0 Å². The van der Waals surface area contributed by atoms with Crippen LogP contribution in [0.2, 0.25) is 0 Å². The molecule has 3 aromatic carbocycles. The van der Waals surface area contributed by atoms with Crippen LogP contribution in [-0.4, -0.2) is 50.9 Å². The van der Waals surface area contributed by atoms with Crippen LogP contribution in [0.5, 0.6) is 5.75 Å². The van der Waals surface area contributed by atoms with Crippen molar-refractivity contribution in [2.75, 3.05) is 24.0 Å². The highest BCUT2D eigenvalue weighted by atomic mass is 32.2. The fraction of sp³-hybridized carbons (Fsp3) is 0.355. The number of nitrogens with one attached hydrogen (secondary N) is 1. The maximum Gasteiger partial charge on any atom is 0.264 e. The topological polar surface area (TPSA) is 96.0 Å². The molecule has 3 rings (SSSR count). The molecular weight excluding hydrogens is 526 g/mol. The summed E-state index contributed by atoms with van der Waals surface area (Å²) in [6.07, 6.45) is 0. The number of anilines is 1. The summed E-state index contributed by atoms with van der Waals surface area (Å²) in [6.45, 7) is 10.1. The summed E-state index contributed by atoms with van der Waals surface area (Å²) >= 11 is 0. The summed E-state index contributed by atoms with van der Waals surface area (Å²) in [6, 6.07) is 21.4. The van der Waals surface area contributed by atoms with Crippen molar-refractivity contribution in [1.29, 1.82) is 0 Å². The number of amides is 2. The lowest BCUT2D eigenvalue weighted by molar-refractivity contribution is -0.139. The molecule has 0 aromatic heterocycles. The summed E-state index contributed by atoms with van der Waals surface area (Å²) in [5.74, 6) is 0.0310. The third-order valence-electron chi connectivity index (χ3n) is 6.37. The van der Waals surface area contributed by atoms with E-state index in [1.54, 1.807) is 49.4 Å². The zero-order chi connectivity index (χ0) is 29.3. The minimum absolute atomic E-state index is 0.0597. The lowest BCUT2D eigenvalue weighted by atomic mass is 10.1. The standard InChI is InChI=1S/C31H39N3O5S/c1-6-39-28-18-16-27(17-19-28)34(40(37,38)29-10-8-7-9-11-29)22-30(35)33(21-26-14-12-24(4)13-15-26)25(5)31(36)32-20-23(2)3/h7-19,23,25H,6,20-22H2,1-5H3,(H,32,36)/t25-/m1/s1. The first kappa shape index (κ1) is 30.7. The number of hydrogen-bond donors (Lipinski definition) is 1. The molecule has 0 unspecified atom stereocenters. The monoisotopic (exact) mass is 565 g/mol. The van der Waals surface area contributed by atoms with Gasteiger partial charge in [0, 0.05) is 13.1 Å². The summed E-state index contributed by atoms with van der Waals surface area (Å²) in [5, 5.41) is 2.89. The van der Waals surface area contributed by atoms with Crippen molar-refractivity contribution in [3.8, 4) is 5.75 Å². The number of ether oxygens (including phenoxy) is 1. The van der Waals surface area contributed by atoms with E-state index in [9.17, 15) is 18.0 Å². The molecule has 214 valence electrons. The quantitative estimate of drug-likeness (QED) is 0.322. The number of sulfonamides is 1. The van der Waals surface area contributed by atoms with Gasteiger partial charge in [-0.15, -0.1) is 0 Å². The van der Waals surface area contributed by atoms with Crippen molar-refractivity contribution in [3.63, 3.8) is 0 Å². The first-order chi connectivity index (χ1) is 19.0. The van der Waals surface area contributed by atoms with Gasteiger partial charge in [0.1, 0.15) is 18.3 Å². The Morgan fingerprint density at radius 2 is 1.52 bits per heavy atom. The van der Waals surface area contributed by atoms with Gasteiger partial charge in [0.15, 0.2) is 0 Å². The van der Waals surface area contributed by atoms with E-state index in [0.717, 1.165) is 15.4 Å². The van der Waals surface area contributed by atoms with E-state index in [-0.39, 0.29) is 23.3 Å². The Labute approximate surface area is 238 Å². The average Bonchev–Trinajstić information content (AvgIpc) is 2.95. The average molecular weight is 566 g/mol. The molecule has 0 aliphatic carbocycles. The molecule has 0 bridgehead atoms. The Kier molecular flexibility index (Phi) is 10.7. The fourth-order valence-corrected chi connectivity index (χ4v) is 5.48. The van der Waals surface area contributed by atoms with Gasteiger partial charge in [-0.2, -0.15) is 0 Å². The Morgan fingerprint density at radius 1 is 0.900 bits per heavy atom. The van der Waals surface area contributed by atoms with E-state index in [0.29, 0.717) is 24.6 Å². The van der Waals surface area contributed by atoms with Crippen molar-refractivity contribution < 1.29 is 22.7 Å². The van der Waals surface area contributed by atoms with Crippen molar-refractivity contribution in [2.45, 2.75) is 52.1 Å².